The Balaban J connectivity index is 3.15. The quantitative estimate of drug-likeness (QED) is 0.804. The number of hydrogen-bond acceptors (Lipinski definition) is 4. The maximum atomic E-state index is 13.0. The van der Waals surface area contributed by atoms with Gasteiger partial charge in [0.1, 0.15) is 5.82 Å². The maximum absolute atomic E-state index is 13.0. The third-order valence-corrected chi connectivity index (χ3v) is 3.04. The lowest BCUT2D eigenvalue weighted by Gasteiger charge is -2.31. The van der Waals surface area contributed by atoms with Crippen LogP contribution in [0.1, 0.15) is 32.9 Å². The van der Waals surface area contributed by atoms with Gasteiger partial charge in [0.05, 0.1) is 19.0 Å². The molecule has 5 heteroatoms. The number of nitrogens with zero attached hydrogens (tertiary/aromatic N) is 1. The number of ether oxygens (including phenoxy) is 1. The number of halogens is 1. The van der Waals surface area contributed by atoms with E-state index in [9.17, 15) is 9.18 Å². The van der Waals surface area contributed by atoms with Gasteiger partial charge in [-0.2, -0.15) is 0 Å². The Morgan fingerprint density at radius 2 is 2.21 bits per heavy atom. The van der Waals surface area contributed by atoms with Crippen LogP contribution in [0.15, 0.2) is 18.3 Å². The average molecular weight is 268 g/mol. The fourth-order valence-corrected chi connectivity index (χ4v) is 1.90. The molecule has 0 aromatic carbocycles. The number of carbonyl (C=O) groups is 1. The summed E-state index contributed by atoms with van der Waals surface area (Å²) < 4.78 is 17.9. The Labute approximate surface area is 113 Å². The van der Waals surface area contributed by atoms with Gasteiger partial charge in [0.15, 0.2) is 5.54 Å². The normalized spacial score (nSPS) is 14.2. The van der Waals surface area contributed by atoms with Crippen molar-refractivity contribution >= 4 is 5.97 Å². The molecule has 1 aromatic heterocycles. The minimum Gasteiger partial charge on any atom is -0.467 e. The van der Waals surface area contributed by atoms with Gasteiger partial charge in [0, 0.05) is 0 Å². The van der Waals surface area contributed by atoms with Gasteiger partial charge in [0.2, 0.25) is 0 Å². The highest BCUT2D eigenvalue weighted by molar-refractivity contribution is 5.81. The van der Waals surface area contributed by atoms with Crippen LogP contribution in [0.2, 0.25) is 0 Å². The smallest absolute Gasteiger partial charge is 0.332 e. The number of nitrogens with one attached hydrogen (secondary N) is 1. The number of esters is 1. The van der Waals surface area contributed by atoms with Gasteiger partial charge in [-0.05, 0) is 31.0 Å². The second kappa shape index (κ2) is 6.61. The van der Waals surface area contributed by atoms with Crippen LogP contribution < -0.4 is 5.32 Å². The van der Waals surface area contributed by atoms with Crippen LogP contribution in [0.5, 0.6) is 0 Å². The van der Waals surface area contributed by atoms with E-state index in [-0.39, 0.29) is 0 Å². The van der Waals surface area contributed by atoms with Crippen molar-refractivity contribution in [2.75, 3.05) is 13.7 Å². The molecule has 1 heterocycles. The van der Waals surface area contributed by atoms with Crippen LogP contribution in [0.3, 0.4) is 0 Å². The Morgan fingerprint density at radius 1 is 1.53 bits per heavy atom. The standard InChI is InChI=1S/C14H21FN2O2/c1-5-14(13(18)19-4,17-8-10(2)3)12-7-6-11(15)9-16-12/h6-7,9-10,17H,5,8H2,1-4H3. The van der Waals surface area contributed by atoms with E-state index in [1.165, 1.54) is 19.2 Å². The highest BCUT2D eigenvalue weighted by atomic mass is 19.1. The number of pyridine rings is 1. The van der Waals surface area contributed by atoms with Crippen LogP contribution >= 0.6 is 0 Å². The second-order valence-electron chi connectivity index (χ2n) is 4.89. The molecule has 0 aliphatic heterocycles. The van der Waals surface area contributed by atoms with Crippen molar-refractivity contribution in [2.45, 2.75) is 32.7 Å². The molecule has 0 aliphatic rings. The van der Waals surface area contributed by atoms with Crippen molar-refractivity contribution in [3.8, 4) is 0 Å². The van der Waals surface area contributed by atoms with E-state index in [0.717, 1.165) is 6.20 Å². The lowest BCUT2D eigenvalue weighted by atomic mass is 9.90. The molecule has 0 radical (unpaired) electrons. The van der Waals surface area contributed by atoms with Crippen molar-refractivity contribution in [1.29, 1.82) is 0 Å². The van der Waals surface area contributed by atoms with Gasteiger partial charge in [0.25, 0.3) is 0 Å². The number of carbonyl (C=O) groups excluding carboxylic acids is 1. The molecule has 0 amide bonds. The number of aromatic nitrogens is 1. The van der Waals surface area contributed by atoms with Gasteiger partial charge < -0.3 is 4.74 Å². The van der Waals surface area contributed by atoms with Crippen LogP contribution in [0.25, 0.3) is 0 Å². The third kappa shape index (κ3) is 3.50. The molecule has 19 heavy (non-hydrogen) atoms. The molecule has 0 aliphatic carbocycles. The molecule has 1 rings (SSSR count). The van der Waals surface area contributed by atoms with Gasteiger partial charge >= 0.3 is 5.97 Å². The number of methoxy groups -OCH3 is 1. The summed E-state index contributed by atoms with van der Waals surface area (Å²) in [6.45, 7) is 6.60. The molecule has 1 unspecified atom stereocenters. The van der Waals surface area contributed by atoms with E-state index in [1.807, 2.05) is 20.8 Å². The molecule has 0 fully saturated rings. The minimum atomic E-state index is -1.02. The SMILES string of the molecule is CCC(NCC(C)C)(C(=O)OC)c1ccc(F)cn1. The van der Waals surface area contributed by atoms with E-state index < -0.39 is 17.3 Å². The number of hydrogen-bond donors (Lipinski definition) is 1. The maximum Gasteiger partial charge on any atom is 0.332 e. The Morgan fingerprint density at radius 3 is 2.63 bits per heavy atom. The average Bonchev–Trinajstić information content (AvgIpc) is 2.41. The molecular weight excluding hydrogens is 247 g/mol. The van der Waals surface area contributed by atoms with Crippen molar-refractivity contribution in [3.05, 3.63) is 29.8 Å². The summed E-state index contributed by atoms with van der Waals surface area (Å²) in [4.78, 5) is 16.2. The summed E-state index contributed by atoms with van der Waals surface area (Å²) in [7, 11) is 1.34. The highest BCUT2D eigenvalue weighted by Crippen LogP contribution is 2.25. The molecule has 0 saturated heterocycles. The summed E-state index contributed by atoms with van der Waals surface area (Å²) in [6, 6.07) is 2.82. The van der Waals surface area contributed by atoms with Crippen molar-refractivity contribution < 1.29 is 13.9 Å². The fraction of sp³-hybridized carbons (Fsp3) is 0.571. The second-order valence-corrected chi connectivity index (χ2v) is 4.89. The first-order valence-corrected chi connectivity index (χ1v) is 6.41. The molecule has 1 aromatic rings. The third-order valence-electron chi connectivity index (χ3n) is 3.04. The summed E-state index contributed by atoms with van der Waals surface area (Å²) in [6.07, 6.45) is 1.59. The van der Waals surface area contributed by atoms with Gasteiger partial charge in [-0.1, -0.05) is 20.8 Å². The zero-order valence-electron chi connectivity index (χ0n) is 11.9. The molecule has 4 nitrogen and oxygen atoms in total. The topological polar surface area (TPSA) is 51.2 Å². The lowest BCUT2D eigenvalue weighted by Crippen LogP contribution is -2.51. The summed E-state index contributed by atoms with van der Waals surface area (Å²) >= 11 is 0. The molecule has 0 bridgehead atoms. The van der Waals surface area contributed by atoms with E-state index >= 15 is 0 Å². The van der Waals surface area contributed by atoms with Crippen LogP contribution in [-0.4, -0.2) is 24.6 Å². The summed E-state index contributed by atoms with van der Waals surface area (Å²) in [5.41, 5.74) is -0.545. The van der Waals surface area contributed by atoms with Gasteiger partial charge in [-0.25, -0.2) is 9.18 Å². The highest BCUT2D eigenvalue weighted by Gasteiger charge is 2.40. The number of rotatable bonds is 6. The summed E-state index contributed by atoms with van der Waals surface area (Å²) in [5, 5.41) is 3.21. The molecule has 0 saturated carbocycles. The van der Waals surface area contributed by atoms with Gasteiger partial charge in [-0.15, -0.1) is 0 Å². The van der Waals surface area contributed by atoms with Crippen molar-refractivity contribution in [3.63, 3.8) is 0 Å². The van der Waals surface area contributed by atoms with Crippen molar-refractivity contribution in [2.24, 2.45) is 5.92 Å². The minimum absolute atomic E-state index is 0.371. The van der Waals surface area contributed by atoms with E-state index in [0.29, 0.717) is 24.6 Å². The molecular formula is C14H21FN2O2. The Kier molecular flexibility index (Phi) is 5.42. The van der Waals surface area contributed by atoms with E-state index in [4.69, 9.17) is 4.74 Å². The molecule has 1 N–H and O–H groups in total. The summed E-state index contributed by atoms with van der Waals surface area (Å²) in [5.74, 6) is -0.465. The first kappa shape index (κ1) is 15.6. The zero-order valence-corrected chi connectivity index (χ0v) is 11.9. The monoisotopic (exact) mass is 268 g/mol. The van der Waals surface area contributed by atoms with Crippen LogP contribution in [-0.2, 0) is 15.1 Å². The molecule has 1 atom stereocenters. The van der Waals surface area contributed by atoms with Crippen LogP contribution in [0, 0.1) is 11.7 Å². The van der Waals surface area contributed by atoms with Crippen LogP contribution in [0.4, 0.5) is 4.39 Å². The first-order valence-electron chi connectivity index (χ1n) is 6.41. The lowest BCUT2D eigenvalue weighted by molar-refractivity contribution is -0.149. The van der Waals surface area contributed by atoms with E-state index in [1.54, 1.807) is 0 Å². The largest absolute Gasteiger partial charge is 0.467 e. The predicted molar refractivity (Wildman–Crippen MR) is 71.0 cm³/mol. The zero-order chi connectivity index (χ0) is 14.5. The van der Waals surface area contributed by atoms with E-state index in [2.05, 4.69) is 10.3 Å². The molecule has 0 spiro atoms. The first-order chi connectivity index (χ1) is 8.96. The fourth-order valence-electron chi connectivity index (χ4n) is 1.90. The molecule has 106 valence electrons. The van der Waals surface area contributed by atoms with Crippen molar-refractivity contribution in [1.82, 2.24) is 10.3 Å². The Bertz CT molecular complexity index is 420. The predicted octanol–water partition coefficient (Wildman–Crippen LogP) is 2.24. The van der Waals surface area contributed by atoms with Gasteiger partial charge in [-0.3, -0.25) is 10.3 Å². The Hall–Kier alpha value is -1.49.